The molecule has 174 valence electrons. The fourth-order valence-corrected chi connectivity index (χ4v) is 5.38. The number of benzene rings is 1. The Morgan fingerprint density at radius 2 is 1.88 bits per heavy atom. The van der Waals surface area contributed by atoms with Gasteiger partial charge in [0.15, 0.2) is 5.82 Å². The highest BCUT2D eigenvalue weighted by Gasteiger charge is 2.34. The molecular weight excluding hydrogens is 416 g/mol. The van der Waals surface area contributed by atoms with Crippen LogP contribution in [0.5, 0.6) is 0 Å². The van der Waals surface area contributed by atoms with Crippen molar-refractivity contribution in [3.63, 3.8) is 0 Å². The number of nitrogens with zero attached hydrogens (tertiary/aromatic N) is 5. The number of carbonyl (C=O) groups is 2. The van der Waals surface area contributed by atoms with Crippen LogP contribution >= 0.6 is 0 Å². The lowest BCUT2D eigenvalue weighted by Gasteiger charge is -2.32. The van der Waals surface area contributed by atoms with Crippen LogP contribution in [-0.2, 0) is 35.5 Å². The summed E-state index contributed by atoms with van der Waals surface area (Å²) in [5.41, 5.74) is 4.70. The third-order valence-electron chi connectivity index (χ3n) is 7.20. The van der Waals surface area contributed by atoms with Gasteiger partial charge < -0.3 is 15.1 Å². The lowest BCUT2D eigenvalue weighted by atomic mass is 10.00. The maximum Gasteiger partial charge on any atom is 0.237 e. The van der Waals surface area contributed by atoms with Gasteiger partial charge in [0.2, 0.25) is 11.8 Å². The summed E-state index contributed by atoms with van der Waals surface area (Å²) in [4.78, 5) is 41.0. The SMILES string of the molecule is CNc1nc(C2CCCN2C(=O)CN2CCc3ccccc3C2)nc2c1CCN(C(C)=O)C2. The molecule has 8 heteroatoms. The number of aromatic nitrogens is 2. The number of carbonyl (C=O) groups excluding carboxylic acids is 2. The lowest BCUT2D eigenvalue weighted by Crippen LogP contribution is -2.42. The summed E-state index contributed by atoms with van der Waals surface area (Å²) in [5.74, 6) is 1.73. The molecule has 4 heterocycles. The molecule has 1 aromatic heterocycles. The molecule has 2 amide bonds. The van der Waals surface area contributed by atoms with Gasteiger partial charge in [-0.05, 0) is 36.8 Å². The number of hydrogen-bond donors (Lipinski definition) is 1. The number of hydrogen-bond acceptors (Lipinski definition) is 6. The number of nitrogens with one attached hydrogen (secondary N) is 1. The van der Waals surface area contributed by atoms with Crippen molar-refractivity contribution in [1.82, 2.24) is 24.7 Å². The molecule has 3 aliphatic heterocycles. The summed E-state index contributed by atoms with van der Waals surface area (Å²) in [7, 11) is 1.87. The van der Waals surface area contributed by atoms with Crippen molar-refractivity contribution < 1.29 is 9.59 Å². The fourth-order valence-electron chi connectivity index (χ4n) is 5.38. The Morgan fingerprint density at radius 3 is 2.67 bits per heavy atom. The molecule has 0 saturated carbocycles. The molecule has 33 heavy (non-hydrogen) atoms. The molecule has 1 saturated heterocycles. The van der Waals surface area contributed by atoms with Crippen molar-refractivity contribution in [2.24, 2.45) is 0 Å². The summed E-state index contributed by atoms with van der Waals surface area (Å²) in [5, 5.41) is 3.22. The van der Waals surface area contributed by atoms with Gasteiger partial charge in [-0.25, -0.2) is 9.97 Å². The minimum atomic E-state index is -0.111. The van der Waals surface area contributed by atoms with Gasteiger partial charge in [0, 0.05) is 45.7 Å². The van der Waals surface area contributed by atoms with Crippen molar-refractivity contribution in [3.8, 4) is 0 Å². The lowest BCUT2D eigenvalue weighted by molar-refractivity contribution is -0.133. The molecule has 0 radical (unpaired) electrons. The van der Waals surface area contributed by atoms with Gasteiger partial charge >= 0.3 is 0 Å². The third-order valence-corrected chi connectivity index (χ3v) is 7.20. The zero-order valence-corrected chi connectivity index (χ0v) is 19.5. The van der Waals surface area contributed by atoms with Crippen LogP contribution in [-0.4, -0.2) is 69.7 Å². The monoisotopic (exact) mass is 448 g/mol. The van der Waals surface area contributed by atoms with E-state index in [-0.39, 0.29) is 17.9 Å². The molecule has 0 bridgehead atoms. The second kappa shape index (κ2) is 9.09. The molecule has 0 spiro atoms. The average Bonchev–Trinajstić information content (AvgIpc) is 3.33. The summed E-state index contributed by atoms with van der Waals surface area (Å²) in [6.07, 6.45) is 3.55. The first-order valence-corrected chi connectivity index (χ1v) is 11.9. The molecular formula is C25H32N6O2. The van der Waals surface area contributed by atoms with Crippen LogP contribution < -0.4 is 5.32 Å². The van der Waals surface area contributed by atoms with E-state index in [9.17, 15) is 9.59 Å². The first-order valence-electron chi connectivity index (χ1n) is 11.9. The van der Waals surface area contributed by atoms with E-state index in [1.807, 2.05) is 16.8 Å². The Kier molecular flexibility index (Phi) is 6.01. The zero-order valence-electron chi connectivity index (χ0n) is 19.5. The largest absolute Gasteiger partial charge is 0.373 e. The first kappa shape index (κ1) is 21.8. The highest BCUT2D eigenvalue weighted by molar-refractivity contribution is 5.79. The Labute approximate surface area is 195 Å². The Hall–Kier alpha value is -3.00. The van der Waals surface area contributed by atoms with Gasteiger partial charge in [-0.15, -0.1) is 0 Å². The molecule has 8 nitrogen and oxygen atoms in total. The van der Waals surface area contributed by atoms with Gasteiger partial charge in [-0.1, -0.05) is 24.3 Å². The van der Waals surface area contributed by atoms with Crippen LogP contribution in [0.25, 0.3) is 0 Å². The number of anilines is 1. The molecule has 2 aromatic rings. The van der Waals surface area contributed by atoms with Crippen LogP contribution in [0.1, 0.15) is 54.0 Å². The highest BCUT2D eigenvalue weighted by atomic mass is 16.2. The van der Waals surface area contributed by atoms with E-state index in [0.29, 0.717) is 25.5 Å². The maximum absolute atomic E-state index is 13.4. The van der Waals surface area contributed by atoms with Crippen molar-refractivity contribution in [1.29, 1.82) is 0 Å². The normalized spacial score (nSPS) is 20.4. The van der Waals surface area contributed by atoms with E-state index >= 15 is 0 Å². The molecule has 1 N–H and O–H groups in total. The van der Waals surface area contributed by atoms with Gasteiger partial charge in [-0.3, -0.25) is 14.5 Å². The van der Waals surface area contributed by atoms with E-state index < -0.39 is 0 Å². The Balaban J connectivity index is 1.34. The Bertz CT molecular complexity index is 1070. The fraction of sp³-hybridized carbons (Fsp3) is 0.520. The van der Waals surface area contributed by atoms with E-state index in [1.165, 1.54) is 11.1 Å². The quantitative estimate of drug-likeness (QED) is 0.772. The number of fused-ring (bicyclic) bond motifs is 2. The molecule has 1 atom stereocenters. The van der Waals surface area contributed by atoms with Crippen molar-refractivity contribution in [2.75, 3.05) is 38.5 Å². The minimum Gasteiger partial charge on any atom is -0.373 e. The van der Waals surface area contributed by atoms with Gasteiger partial charge in [0.05, 0.1) is 24.8 Å². The standard InChI is InChI=1S/C25H32N6O2/c1-17(32)30-13-10-20-21(15-30)27-25(28-24(20)26-2)22-8-5-11-31(22)23(33)16-29-12-9-18-6-3-4-7-19(18)14-29/h3-4,6-7,22H,5,8-16H2,1-2H3,(H,26,27,28). The second-order valence-corrected chi connectivity index (χ2v) is 9.27. The van der Waals surface area contributed by atoms with Gasteiger partial charge in [0.1, 0.15) is 5.82 Å². The van der Waals surface area contributed by atoms with Gasteiger partial charge in [-0.2, -0.15) is 0 Å². The summed E-state index contributed by atoms with van der Waals surface area (Å²) >= 11 is 0. The number of likely N-dealkylation sites (tertiary alicyclic amines) is 1. The molecule has 1 aromatic carbocycles. The van der Waals surface area contributed by atoms with Crippen molar-refractivity contribution >= 4 is 17.6 Å². The van der Waals surface area contributed by atoms with E-state index in [1.54, 1.807) is 6.92 Å². The van der Waals surface area contributed by atoms with Crippen molar-refractivity contribution in [3.05, 3.63) is 52.5 Å². The van der Waals surface area contributed by atoms with E-state index in [2.05, 4.69) is 34.5 Å². The average molecular weight is 449 g/mol. The highest BCUT2D eigenvalue weighted by Crippen LogP contribution is 2.33. The van der Waals surface area contributed by atoms with Crippen LogP contribution in [0.3, 0.4) is 0 Å². The van der Waals surface area contributed by atoms with E-state index in [4.69, 9.17) is 9.97 Å². The maximum atomic E-state index is 13.4. The predicted molar refractivity (Wildman–Crippen MR) is 125 cm³/mol. The predicted octanol–water partition coefficient (Wildman–Crippen LogP) is 2.14. The summed E-state index contributed by atoms with van der Waals surface area (Å²) in [6.45, 7) is 5.68. The molecule has 1 fully saturated rings. The van der Waals surface area contributed by atoms with Crippen LogP contribution in [0, 0.1) is 0 Å². The third kappa shape index (κ3) is 4.31. The zero-order chi connectivity index (χ0) is 22.9. The number of rotatable bonds is 4. The molecule has 5 rings (SSSR count). The molecule has 1 unspecified atom stereocenters. The van der Waals surface area contributed by atoms with E-state index in [0.717, 1.165) is 62.4 Å². The molecule has 0 aliphatic carbocycles. The van der Waals surface area contributed by atoms with Gasteiger partial charge in [0.25, 0.3) is 0 Å². The van der Waals surface area contributed by atoms with Crippen LogP contribution in [0.2, 0.25) is 0 Å². The first-order chi connectivity index (χ1) is 16.0. The second-order valence-electron chi connectivity index (χ2n) is 9.27. The topological polar surface area (TPSA) is 81.7 Å². The summed E-state index contributed by atoms with van der Waals surface area (Å²) < 4.78 is 0. The Morgan fingerprint density at radius 1 is 1.06 bits per heavy atom. The molecule has 3 aliphatic rings. The number of amides is 2. The smallest absolute Gasteiger partial charge is 0.237 e. The van der Waals surface area contributed by atoms with Crippen LogP contribution in [0.4, 0.5) is 5.82 Å². The summed E-state index contributed by atoms with van der Waals surface area (Å²) in [6, 6.07) is 8.39. The van der Waals surface area contributed by atoms with Crippen molar-refractivity contribution in [2.45, 2.75) is 51.7 Å². The minimum absolute atomic E-state index is 0.0626. The van der Waals surface area contributed by atoms with Crippen LogP contribution in [0.15, 0.2) is 24.3 Å².